The van der Waals surface area contributed by atoms with Crippen LogP contribution in [0.3, 0.4) is 0 Å². The van der Waals surface area contributed by atoms with E-state index in [0.29, 0.717) is 23.6 Å². The maximum atomic E-state index is 12.1. The van der Waals surface area contributed by atoms with Crippen molar-refractivity contribution < 1.29 is 19.1 Å². The summed E-state index contributed by atoms with van der Waals surface area (Å²) < 4.78 is 10.4. The van der Waals surface area contributed by atoms with E-state index in [1.54, 1.807) is 31.4 Å². The van der Waals surface area contributed by atoms with E-state index >= 15 is 0 Å². The Labute approximate surface area is 140 Å². The molecule has 0 atom stereocenters. The van der Waals surface area contributed by atoms with Gasteiger partial charge < -0.3 is 20.1 Å². The molecule has 0 bridgehead atoms. The van der Waals surface area contributed by atoms with Crippen molar-refractivity contribution in [3.05, 3.63) is 59.7 Å². The maximum absolute atomic E-state index is 12.1. The molecule has 0 aliphatic carbocycles. The van der Waals surface area contributed by atoms with Gasteiger partial charge in [0.05, 0.1) is 26.3 Å². The van der Waals surface area contributed by atoms with Gasteiger partial charge in [-0.2, -0.15) is 0 Å². The molecule has 2 aromatic carbocycles. The van der Waals surface area contributed by atoms with Crippen LogP contribution < -0.4 is 20.1 Å². The highest BCUT2D eigenvalue weighted by atomic mass is 16.5. The van der Waals surface area contributed by atoms with Gasteiger partial charge in [0, 0.05) is 12.1 Å². The lowest BCUT2D eigenvalue weighted by Gasteiger charge is -2.11. The molecule has 0 fully saturated rings. The van der Waals surface area contributed by atoms with Crippen molar-refractivity contribution in [1.82, 2.24) is 10.6 Å². The first-order valence-corrected chi connectivity index (χ1v) is 7.45. The topological polar surface area (TPSA) is 76.7 Å². The Kier molecular flexibility index (Phi) is 6.19. The molecule has 2 amide bonds. The van der Waals surface area contributed by atoms with Gasteiger partial charge in [0.2, 0.25) is 5.91 Å². The van der Waals surface area contributed by atoms with E-state index in [1.165, 1.54) is 7.11 Å². The largest absolute Gasteiger partial charge is 0.496 e. The predicted molar refractivity (Wildman–Crippen MR) is 90.2 cm³/mol. The molecule has 0 aromatic heterocycles. The molecule has 0 spiro atoms. The lowest BCUT2D eigenvalue weighted by atomic mass is 10.2. The third-order valence-corrected chi connectivity index (χ3v) is 3.43. The van der Waals surface area contributed by atoms with E-state index in [0.717, 1.165) is 5.56 Å². The van der Waals surface area contributed by atoms with Gasteiger partial charge in [0.15, 0.2) is 0 Å². The van der Waals surface area contributed by atoms with Crippen LogP contribution in [0.4, 0.5) is 0 Å². The van der Waals surface area contributed by atoms with Gasteiger partial charge in [0.25, 0.3) is 5.91 Å². The van der Waals surface area contributed by atoms with Gasteiger partial charge in [-0.3, -0.25) is 9.59 Å². The van der Waals surface area contributed by atoms with Crippen molar-refractivity contribution in [3.8, 4) is 11.5 Å². The van der Waals surface area contributed by atoms with Gasteiger partial charge >= 0.3 is 0 Å². The first kappa shape index (κ1) is 17.3. The van der Waals surface area contributed by atoms with Crippen molar-refractivity contribution in [1.29, 1.82) is 0 Å². The number of para-hydroxylation sites is 2. The number of carbonyl (C=O) groups is 2. The highest BCUT2D eigenvalue weighted by Crippen LogP contribution is 2.17. The summed E-state index contributed by atoms with van der Waals surface area (Å²) in [5.41, 5.74) is 1.25. The number of amides is 2. The molecular formula is C18H20N2O4. The van der Waals surface area contributed by atoms with Crippen LogP contribution >= 0.6 is 0 Å². The minimum absolute atomic E-state index is 0.119. The minimum atomic E-state index is -0.361. The fourth-order valence-electron chi connectivity index (χ4n) is 2.19. The van der Waals surface area contributed by atoms with Crippen molar-refractivity contribution >= 4 is 11.8 Å². The fraction of sp³-hybridized carbons (Fsp3) is 0.222. The van der Waals surface area contributed by atoms with Crippen LogP contribution in [0.1, 0.15) is 15.9 Å². The zero-order chi connectivity index (χ0) is 17.4. The van der Waals surface area contributed by atoms with Crippen LogP contribution in [-0.4, -0.2) is 32.6 Å². The molecule has 2 rings (SSSR count). The zero-order valence-corrected chi connectivity index (χ0v) is 13.7. The van der Waals surface area contributed by atoms with E-state index in [9.17, 15) is 9.59 Å². The molecule has 6 heteroatoms. The summed E-state index contributed by atoms with van der Waals surface area (Å²) >= 11 is 0. The number of hydrogen-bond acceptors (Lipinski definition) is 4. The van der Waals surface area contributed by atoms with Crippen molar-refractivity contribution in [2.45, 2.75) is 6.54 Å². The Balaban J connectivity index is 1.86. The second kappa shape index (κ2) is 8.57. The Morgan fingerprint density at radius 3 is 2.21 bits per heavy atom. The third-order valence-electron chi connectivity index (χ3n) is 3.43. The van der Waals surface area contributed by atoms with Crippen LogP contribution in [-0.2, 0) is 11.3 Å². The van der Waals surface area contributed by atoms with Crippen molar-refractivity contribution in [3.63, 3.8) is 0 Å². The summed E-state index contributed by atoms with van der Waals surface area (Å²) in [5.74, 6) is 0.518. The molecule has 0 heterocycles. The summed E-state index contributed by atoms with van der Waals surface area (Å²) in [5, 5.41) is 5.32. The van der Waals surface area contributed by atoms with Crippen LogP contribution in [0, 0.1) is 0 Å². The monoisotopic (exact) mass is 328 g/mol. The first-order valence-electron chi connectivity index (χ1n) is 7.45. The molecule has 126 valence electrons. The summed E-state index contributed by atoms with van der Waals surface area (Å²) in [7, 11) is 3.07. The molecule has 0 radical (unpaired) electrons. The first-order chi connectivity index (χ1) is 11.7. The lowest BCUT2D eigenvalue weighted by molar-refractivity contribution is -0.120. The van der Waals surface area contributed by atoms with E-state index < -0.39 is 0 Å². The van der Waals surface area contributed by atoms with Gasteiger partial charge in [-0.05, 0) is 18.2 Å². The number of rotatable bonds is 7. The van der Waals surface area contributed by atoms with E-state index in [-0.39, 0.29) is 18.4 Å². The molecule has 2 N–H and O–H groups in total. The highest BCUT2D eigenvalue weighted by Gasteiger charge is 2.12. The highest BCUT2D eigenvalue weighted by molar-refractivity contribution is 5.98. The summed E-state index contributed by atoms with van der Waals surface area (Å²) in [4.78, 5) is 24.0. The van der Waals surface area contributed by atoms with Crippen molar-refractivity contribution in [2.75, 3.05) is 20.8 Å². The molecule has 24 heavy (non-hydrogen) atoms. The molecule has 0 unspecified atom stereocenters. The van der Waals surface area contributed by atoms with Crippen LogP contribution in [0.5, 0.6) is 11.5 Å². The average Bonchev–Trinajstić information content (AvgIpc) is 2.64. The Morgan fingerprint density at radius 2 is 1.50 bits per heavy atom. The number of ether oxygens (including phenoxy) is 2. The van der Waals surface area contributed by atoms with Crippen LogP contribution in [0.25, 0.3) is 0 Å². The molecular weight excluding hydrogens is 308 g/mol. The summed E-state index contributed by atoms with van der Waals surface area (Å²) in [6.07, 6.45) is 0. The van der Waals surface area contributed by atoms with Gasteiger partial charge in [-0.25, -0.2) is 0 Å². The lowest BCUT2D eigenvalue weighted by Crippen LogP contribution is -2.36. The van der Waals surface area contributed by atoms with Crippen LogP contribution in [0.2, 0.25) is 0 Å². The SMILES string of the molecule is COc1ccccc1CNC(=O)CNC(=O)c1ccccc1OC. The second-order valence-corrected chi connectivity index (χ2v) is 4.97. The van der Waals surface area contributed by atoms with Gasteiger partial charge in [-0.15, -0.1) is 0 Å². The summed E-state index contributed by atoms with van der Waals surface area (Å²) in [6, 6.07) is 14.3. The average molecular weight is 328 g/mol. The maximum Gasteiger partial charge on any atom is 0.255 e. The molecule has 0 aliphatic rings. The van der Waals surface area contributed by atoms with Gasteiger partial charge in [-0.1, -0.05) is 30.3 Å². The van der Waals surface area contributed by atoms with E-state index in [1.807, 2.05) is 24.3 Å². The third kappa shape index (κ3) is 4.49. The molecule has 0 aliphatic heterocycles. The zero-order valence-electron chi connectivity index (χ0n) is 13.7. The Bertz CT molecular complexity index is 716. The van der Waals surface area contributed by atoms with Gasteiger partial charge in [0.1, 0.15) is 11.5 Å². The smallest absolute Gasteiger partial charge is 0.255 e. The second-order valence-electron chi connectivity index (χ2n) is 4.97. The van der Waals surface area contributed by atoms with Crippen LogP contribution in [0.15, 0.2) is 48.5 Å². The number of hydrogen-bond donors (Lipinski definition) is 2. The Morgan fingerprint density at radius 1 is 0.875 bits per heavy atom. The van der Waals surface area contributed by atoms with Crippen molar-refractivity contribution in [2.24, 2.45) is 0 Å². The normalized spacial score (nSPS) is 9.92. The summed E-state index contributed by atoms with van der Waals surface area (Å²) in [6.45, 7) is 0.208. The minimum Gasteiger partial charge on any atom is -0.496 e. The molecule has 0 saturated carbocycles. The number of carbonyl (C=O) groups excluding carboxylic acids is 2. The standard InChI is InChI=1S/C18H20N2O4/c1-23-15-9-5-3-7-13(15)11-19-17(21)12-20-18(22)14-8-4-6-10-16(14)24-2/h3-10H,11-12H2,1-2H3,(H,19,21)(H,20,22). The molecule has 2 aromatic rings. The quantitative estimate of drug-likeness (QED) is 0.812. The number of benzene rings is 2. The Hall–Kier alpha value is -3.02. The fourth-order valence-corrected chi connectivity index (χ4v) is 2.19. The number of methoxy groups -OCH3 is 2. The molecule has 0 saturated heterocycles. The molecule has 6 nitrogen and oxygen atoms in total. The predicted octanol–water partition coefficient (Wildman–Crippen LogP) is 1.75. The number of nitrogens with one attached hydrogen (secondary N) is 2. The van der Waals surface area contributed by atoms with E-state index in [4.69, 9.17) is 9.47 Å². The van der Waals surface area contributed by atoms with E-state index in [2.05, 4.69) is 10.6 Å².